The number of anilines is 2. The van der Waals surface area contributed by atoms with E-state index in [0.29, 0.717) is 17.3 Å². The van der Waals surface area contributed by atoms with Gasteiger partial charge in [0.15, 0.2) is 23.0 Å². The van der Waals surface area contributed by atoms with E-state index in [4.69, 9.17) is 14.5 Å². The molecule has 0 spiro atoms. The summed E-state index contributed by atoms with van der Waals surface area (Å²) < 4.78 is 12.7. The van der Waals surface area contributed by atoms with Crippen molar-refractivity contribution in [3.05, 3.63) is 66.6 Å². The number of fused-ring (bicyclic) bond motifs is 1. The second kappa shape index (κ2) is 6.99. The van der Waals surface area contributed by atoms with Crippen LogP contribution < -0.4 is 14.8 Å². The number of hydrogen-bond acceptors (Lipinski definition) is 5. The van der Waals surface area contributed by atoms with Gasteiger partial charge in [-0.1, -0.05) is 24.3 Å². The fourth-order valence-corrected chi connectivity index (χ4v) is 3.06. The minimum absolute atomic E-state index is 0.650. The Hall–Kier alpha value is -3.54. The number of hydrogen-bond donors (Lipinski definition) is 1. The van der Waals surface area contributed by atoms with Crippen molar-refractivity contribution in [1.29, 1.82) is 0 Å². The molecule has 4 rings (SSSR count). The maximum absolute atomic E-state index is 5.39. The molecule has 0 atom stereocenters. The molecule has 6 nitrogen and oxygen atoms in total. The molecular weight excluding hydrogens is 340 g/mol. The van der Waals surface area contributed by atoms with Crippen LogP contribution in [0.1, 0.15) is 5.56 Å². The lowest BCUT2D eigenvalue weighted by molar-refractivity contribution is 0.355. The molecule has 136 valence electrons. The molecule has 27 heavy (non-hydrogen) atoms. The van der Waals surface area contributed by atoms with Gasteiger partial charge >= 0.3 is 0 Å². The van der Waals surface area contributed by atoms with E-state index in [2.05, 4.69) is 29.4 Å². The zero-order chi connectivity index (χ0) is 18.8. The Morgan fingerprint density at radius 2 is 1.81 bits per heavy atom. The van der Waals surface area contributed by atoms with E-state index in [1.165, 1.54) is 5.56 Å². The number of benzene rings is 2. The largest absolute Gasteiger partial charge is 0.493 e. The molecule has 2 heterocycles. The molecule has 2 aromatic carbocycles. The van der Waals surface area contributed by atoms with Crippen LogP contribution in [0.25, 0.3) is 16.9 Å². The highest BCUT2D eigenvalue weighted by Crippen LogP contribution is 2.32. The molecule has 0 fully saturated rings. The smallest absolute Gasteiger partial charge is 0.180 e. The summed E-state index contributed by atoms with van der Waals surface area (Å²) in [5, 5.41) is 3.36. The van der Waals surface area contributed by atoms with Gasteiger partial charge in [-0.25, -0.2) is 9.97 Å². The van der Waals surface area contributed by atoms with Crippen LogP contribution in [0.5, 0.6) is 11.5 Å². The van der Waals surface area contributed by atoms with Gasteiger partial charge in [0.25, 0.3) is 0 Å². The maximum Gasteiger partial charge on any atom is 0.180 e. The second-order valence-electron chi connectivity index (χ2n) is 6.14. The zero-order valence-corrected chi connectivity index (χ0v) is 15.4. The highest BCUT2D eigenvalue weighted by atomic mass is 16.5. The third kappa shape index (κ3) is 3.17. The Morgan fingerprint density at radius 1 is 1.00 bits per heavy atom. The minimum Gasteiger partial charge on any atom is -0.493 e. The topological polar surface area (TPSA) is 60.7 Å². The van der Waals surface area contributed by atoms with Crippen molar-refractivity contribution in [3.8, 4) is 22.8 Å². The Kier molecular flexibility index (Phi) is 4.38. The lowest BCUT2D eigenvalue weighted by Gasteiger charge is -2.13. The number of ether oxygens (including phenoxy) is 2. The number of aromatic nitrogens is 3. The van der Waals surface area contributed by atoms with Crippen molar-refractivity contribution < 1.29 is 9.47 Å². The molecule has 0 aliphatic carbocycles. The lowest BCUT2D eigenvalue weighted by atomic mass is 10.1. The predicted molar refractivity (Wildman–Crippen MR) is 106 cm³/mol. The molecule has 0 saturated carbocycles. The average molecular weight is 360 g/mol. The number of methoxy groups -OCH3 is 2. The molecule has 0 saturated heterocycles. The second-order valence-corrected chi connectivity index (χ2v) is 6.14. The minimum atomic E-state index is 0.650. The van der Waals surface area contributed by atoms with E-state index in [0.717, 1.165) is 22.6 Å². The number of rotatable bonds is 5. The molecule has 0 unspecified atom stereocenters. The van der Waals surface area contributed by atoms with E-state index in [1.54, 1.807) is 20.4 Å². The molecule has 0 bridgehead atoms. The Labute approximate surface area is 157 Å². The van der Waals surface area contributed by atoms with Crippen molar-refractivity contribution in [2.75, 3.05) is 19.5 Å². The van der Waals surface area contributed by atoms with Crippen molar-refractivity contribution in [2.45, 2.75) is 6.92 Å². The first kappa shape index (κ1) is 16.9. The molecular formula is C21H20N4O2. The third-order valence-corrected chi connectivity index (χ3v) is 4.44. The standard InChI is InChI=1S/C21H20N4O2/c1-14-6-4-5-7-16(14)17-13-25-11-10-22-21(25)20(24-17)23-15-8-9-18(26-2)19(12-15)27-3/h4-13H,1-3H3,(H,23,24). The van der Waals surface area contributed by atoms with Gasteiger partial charge in [0.1, 0.15) is 0 Å². The normalized spacial score (nSPS) is 10.8. The van der Waals surface area contributed by atoms with Gasteiger partial charge in [-0.2, -0.15) is 0 Å². The summed E-state index contributed by atoms with van der Waals surface area (Å²) in [5.74, 6) is 2.00. The van der Waals surface area contributed by atoms with Gasteiger partial charge in [0, 0.05) is 35.9 Å². The van der Waals surface area contributed by atoms with Crippen LogP contribution in [-0.2, 0) is 0 Å². The molecule has 1 N–H and O–H groups in total. The summed E-state index contributed by atoms with van der Waals surface area (Å²) in [6, 6.07) is 13.8. The van der Waals surface area contributed by atoms with E-state index in [-0.39, 0.29) is 0 Å². The van der Waals surface area contributed by atoms with Crippen molar-refractivity contribution >= 4 is 17.2 Å². The number of nitrogens with one attached hydrogen (secondary N) is 1. The number of aryl methyl sites for hydroxylation is 1. The van der Waals surface area contributed by atoms with Crippen LogP contribution >= 0.6 is 0 Å². The van der Waals surface area contributed by atoms with Crippen molar-refractivity contribution in [2.24, 2.45) is 0 Å². The van der Waals surface area contributed by atoms with Gasteiger partial charge in [-0.05, 0) is 24.6 Å². The first-order valence-electron chi connectivity index (χ1n) is 8.58. The lowest BCUT2D eigenvalue weighted by Crippen LogP contribution is -2.01. The Balaban J connectivity index is 1.80. The summed E-state index contributed by atoms with van der Waals surface area (Å²) in [6.07, 6.45) is 5.67. The summed E-state index contributed by atoms with van der Waals surface area (Å²) in [5.41, 5.74) is 4.72. The molecule has 4 aromatic rings. The van der Waals surface area contributed by atoms with E-state index in [1.807, 2.05) is 47.1 Å². The van der Waals surface area contributed by atoms with E-state index >= 15 is 0 Å². The highest BCUT2D eigenvalue weighted by molar-refractivity contribution is 5.75. The Bertz CT molecular complexity index is 1100. The summed E-state index contributed by atoms with van der Waals surface area (Å²) in [7, 11) is 3.23. The molecule has 0 aliphatic heterocycles. The zero-order valence-electron chi connectivity index (χ0n) is 15.4. The van der Waals surface area contributed by atoms with E-state index < -0.39 is 0 Å². The molecule has 0 amide bonds. The van der Waals surface area contributed by atoms with Crippen LogP contribution in [0, 0.1) is 6.92 Å². The van der Waals surface area contributed by atoms with Gasteiger partial charge in [0.05, 0.1) is 19.9 Å². The molecule has 6 heteroatoms. The van der Waals surface area contributed by atoms with Crippen LogP contribution in [0.2, 0.25) is 0 Å². The van der Waals surface area contributed by atoms with Crippen molar-refractivity contribution in [3.63, 3.8) is 0 Å². The summed E-state index contributed by atoms with van der Waals surface area (Å²) in [4.78, 5) is 9.26. The number of imidazole rings is 1. The van der Waals surface area contributed by atoms with Gasteiger partial charge in [-0.3, -0.25) is 0 Å². The summed E-state index contributed by atoms with van der Waals surface area (Å²) in [6.45, 7) is 2.08. The van der Waals surface area contributed by atoms with Gasteiger partial charge in [-0.15, -0.1) is 0 Å². The third-order valence-electron chi connectivity index (χ3n) is 4.44. The van der Waals surface area contributed by atoms with Crippen LogP contribution in [0.15, 0.2) is 61.1 Å². The maximum atomic E-state index is 5.39. The predicted octanol–water partition coefficient (Wildman–Crippen LogP) is 4.47. The molecule has 0 radical (unpaired) electrons. The first-order chi connectivity index (χ1) is 13.2. The highest BCUT2D eigenvalue weighted by Gasteiger charge is 2.12. The fourth-order valence-electron chi connectivity index (χ4n) is 3.06. The van der Waals surface area contributed by atoms with Gasteiger partial charge in [0.2, 0.25) is 0 Å². The first-order valence-corrected chi connectivity index (χ1v) is 8.58. The SMILES string of the molecule is COc1ccc(Nc2nc(-c3ccccc3C)cn3ccnc23)cc1OC. The van der Waals surface area contributed by atoms with Crippen LogP contribution in [0.3, 0.4) is 0 Å². The van der Waals surface area contributed by atoms with E-state index in [9.17, 15) is 0 Å². The number of nitrogens with zero attached hydrogens (tertiary/aromatic N) is 3. The Morgan fingerprint density at radius 3 is 2.59 bits per heavy atom. The molecule has 2 aromatic heterocycles. The van der Waals surface area contributed by atoms with Crippen LogP contribution in [0.4, 0.5) is 11.5 Å². The van der Waals surface area contributed by atoms with Crippen LogP contribution in [-0.4, -0.2) is 28.6 Å². The fraction of sp³-hybridized carbons (Fsp3) is 0.143. The van der Waals surface area contributed by atoms with Gasteiger partial charge < -0.3 is 19.2 Å². The summed E-state index contributed by atoms with van der Waals surface area (Å²) >= 11 is 0. The average Bonchev–Trinajstić information content (AvgIpc) is 3.17. The molecule has 0 aliphatic rings. The van der Waals surface area contributed by atoms with Crippen molar-refractivity contribution in [1.82, 2.24) is 14.4 Å². The monoisotopic (exact) mass is 360 g/mol. The quantitative estimate of drug-likeness (QED) is 0.569.